The zero-order valence-electron chi connectivity index (χ0n) is 51.0. The minimum Gasteiger partial charge on any atom is -0.478 e. The second-order valence-corrected chi connectivity index (χ2v) is 23.5. The number of carbonyl (C=O) groups is 2. The summed E-state index contributed by atoms with van der Waals surface area (Å²) in [6.45, 7) is 8.12. The average molecular weight is 1320 g/mol. The van der Waals surface area contributed by atoms with Gasteiger partial charge in [-0.05, 0) is 112 Å². The van der Waals surface area contributed by atoms with Crippen molar-refractivity contribution >= 4 is 57.2 Å². The summed E-state index contributed by atoms with van der Waals surface area (Å²) in [5.74, 6) is -2.67. The van der Waals surface area contributed by atoms with Crippen LogP contribution in [0.25, 0.3) is 56.2 Å². The van der Waals surface area contributed by atoms with Crippen LogP contribution in [0.15, 0.2) is 146 Å². The van der Waals surface area contributed by atoms with Crippen LogP contribution >= 0.6 is 23.2 Å². The number of halogens is 6. The first-order chi connectivity index (χ1) is 45.0. The van der Waals surface area contributed by atoms with Gasteiger partial charge in [-0.3, -0.25) is 0 Å². The number of carboxylic acids is 2. The highest BCUT2D eigenvalue weighted by Gasteiger charge is 2.27. The highest BCUT2D eigenvalue weighted by atomic mass is 35.5. The number of pyridine rings is 4. The first kappa shape index (κ1) is 65.0. The number of aromatic carboxylic acids is 2. The monoisotopic (exact) mass is 1320 g/mol. The van der Waals surface area contributed by atoms with E-state index in [0.717, 1.165) is 24.3 Å². The van der Waals surface area contributed by atoms with Crippen molar-refractivity contribution in [3.05, 3.63) is 225 Å². The molecule has 0 fully saturated rings. The van der Waals surface area contributed by atoms with Crippen molar-refractivity contribution in [2.75, 3.05) is 14.2 Å². The van der Waals surface area contributed by atoms with Gasteiger partial charge in [0.2, 0.25) is 11.8 Å². The number of carboxylic acid groups (broad SMARTS) is 2. The van der Waals surface area contributed by atoms with Crippen molar-refractivity contribution in [1.29, 1.82) is 0 Å². The number of methoxy groups -OCH3 is 2. The van der Waals surface area contributed by atoms with Crippen molar-refractivity contribution in [1.82, 2.24) is 69.0 Å². The second-order valence-electron chi connectivity index (χ2n) is 22.6. The maximum Gasteiger partial charge on any atom is 0.335 e. The van der Waals surface area contributed by atoms with E-state index in [-0.39, 0.29) is 82.6 Å². The van der Waals surface area contributed by atoms with Crippen molar-refractivity contribution in [2.24, 2.45) is 0 Å². The first-order valence-corrected chi connectivity index (χ1v) is 29.5. The molecule has 8 heterocycles. The molecule has 0 unspecified atom stereocenters. The Bertz CT molecular complexity index is 4500. The van der Waals surface area contributed by atoms with E-state index in [2.05, 4.69) is 50.5 Å². The van der Waals surface area contributed by atoms with Gasteiger partial charge in [-0.1, -0.05) is 45.8 Å². The summed E-state index contributed by atoms with van der Waals surface area (Å²) in [6, 6.07) is 26.4. The van der Waals surface area contributed by atoms with E-state index in [9.17, 15) is 19.8 Å². The van der Waals surface area contributed by atoms with Gasteiger partial charge in [0.1, 0.15) is 48.1 Å². The van der Waals surface area contributed by atoms with E-state index >= 15 is 17.6 Å². The average Bonchev–Trinajstić information content (AvgIpc) is 1.70. The summed E-state index contributed by atoms with van der Waals surface area (Å²) in [6.07, 6.45) is 9.31. The van der Waals surface area contributed by atoms with E-state index in [0.29, 0.717) is 79.6 Å². The normalized spacial score (nSPS) is 11.7. The van der Waals surface area contributed by atoms with Crippen LogP contribution in [-0.2, 0) is 48.6 Å². The van der Waals surface area contributed by atoms with Gasteiger partial charge < -0.3 is 38.3 Å². The lowest BCUT2D eigenvalue weighted by Crippen LogP contribution is -2.30. The van der Waals surface area contributed by atoms with E-state index in [4.69, 9.17) is 42.1 Å². The fourth-order valence-corrected chi connectivity index (χ4v) is 10.3. The number of hydrogen-bond donors (Lipinski definition) is 2. The lowest BCUT2D eigenvalue weighted by Gasteiger charge is -2.25. The second kappa shape index (κ2) is 27.3. The van der Waals surface area contributed by atoms with Gasteiger partial charge in [0.15, 0.2) is 11.6 Å². The molecule has 2 N–H and O–H groups in total. The lowest BCUT2D eigenvalue weighted by molar-refractivity contribution is 0.00823. The van der Waals surface area contributed by atoms with Gasteiger partial charge in [-0.25, -0.2) is 66.4 Å². The maximum atomic E-state index is 15.6. The summed E-state index contributed by atoms with van der Waals surface area (Å²) in [5, 5.41) is 35.1. The van der Waals surface area contributed by atoms with Crippen molar-refractivity contribution < 1.29 is 56.3 Å². The molecule has 480 valence electrons. The molecule has 12 aromatic rings. The topological polar surface area (TPSA) is 260 Å². The fraction of sp³-hybridized carbons (Fsp3) is 0.212. The molecule has 0 amide bonds. The van der Waals surface area contributed by atoms with Crippen LogP contribution in [-0.4, -0.2) is 117 Å². The Morgan fingerprint density at radius 1 is 0.521 bits per heavy atom. The van der Waals surface area contributed by atoms with E-state index < -0.39 is 46.4 Å². The number of fused-ring (bicyclic) bond motifs is 2. The standard InChI is InChI=1S/2C33H28ClF2N7O4/c2*1-33(2,46-3)18-42-28-12-19(32(44)45)7-8-27(28)39-30(42)13-20-11-25(36)22(14-24(20)35)26-5-4-6-31(40-26)47-17-21-16-37-29(15-23(21)34)43-10-9-38-41-43/h2*4-12,14-16H,13,17-18H2,1-3H3,(H,44,45). The zero-order valence-corrected chi connectivity index (χ0v) is 52.5. The Kier molecular flexibility index (Phi) is 18.9. The van der Waals surface area contributed by atoms with E-state index in [1.165, 1.54) is 46.0 Å². The third-order valence-electron chi connectivity index (χ3n) is 15.2. The molecular formula is C66H56Cl2F4N14O8. The van der Waals surface area contributed by atoms with E-state index in [1.807, 2.05) is 27.7 Å². The predicted octanol–water partition coefficient (Wildman–Crippen LogP) is 12.6. The maximum absolute atomic E-state index is 15.6. The van der Waals surface area contributed by atoms with Gasteiger partial charge in [0.25, 0.3) is 0 Å². The van der Waals surface area contributed by atoms with Crippen LogP contribution < -0.4 is 9.47 Å². The number of ether oxygens (including phenoxy) is 4. The Labute approximate surface area is 543 Å². The minimum atomic E-state index is -1.09. The smallest absolute Gasteiger partial charge is 0.335 e. The molecular weight excluding hydrogens is 1260 g/mol. The lowest BCUT2D eigenvalue weighted by atomic mass is 10.0. The Morgan fingerprint density at radius 2 is 0.936 bits per heavy atom. The van der Waals surface area contributed by atoms with Gasteiger partial charge in [-0.2, -0.15) is 0 Å². The molecule has 28 heteroatoms. The largest absolute Gasteiger partial charge is 0.478 e. The van der Waals surface area contributed by atoms with Crippen LogP contribution in [0.2, 0.25) is 10.0 Å². The van der Waals surface area contributed by atoms with Gasteiger partial charge in [0.05, 0.1) is 104 Å². The molecule has 8 aromatic heterocycles. The van der Waals surface area contributed by atoms with Crippen molar-refractivity contribution in [3.63, 3.8) is 0 Å². The molecule has 0 saturated heterocycles. The third-order valence-corrected chi connectivity index (χ3v) is 15.9. The Balaban J connectivity index is 0.000000192. The molecule has 0 spiro atoms. The minimum absolute atomic E-state index is 0.0323. The summed E-state index contributed by atoms with van der Waals surface area (Å²) in [7, 11) is 3.13. The van der Waals surface area contributed by atoms with Crippen molar-refractivity contribution in [3.8, 4) is 45.9 Å². The first-order valence-electron chi connectivity index (χ1n) is 28.8. The van der Waals surface area contributed by atoms with Crippen LogP contribution in [0.3, 0.4) is 0 Å². The highest BCUT2D eigenvalue weighted by molar-refractivity contribution is 6.31. The number of imidazole rings is 2. The van der Waals surface area contributed by atoms with Crippen LogP contribution in [0.4, 0.5) is 17.6 Å². The molecule has 0 saturated carbocycles. The Hall–Kier alpha value is -10.5. The van der Waals surface area contributed by atoms with Crippen LogP contribution in [0.1, 0.15) is 82.3 Å². The van der Waals surface area contributed by atoms with Gasteiger partial charge >= 0.3 is 11.9 Å². The molecule has 0 aliphatic carbocycles. The molecule has 12 rings (SSSR count). The molecule has 4 aromatic carbocycles. The molecule has 22 nitrogen and oxygen atoms in total. The number of benzene rings is 4. The van der Waals surface area contributed by atoms with Crippen LogP contribution in [0, 0.1) is 23.3 Å². The van der Waals surface area contributed by atoms with Gasteiger partial charge in [0, 0.05) is 86.0 Å². The molecule has 0 radical (unpaired) electrons. The molecule has 0 atom stereocenters. The van der Waals surface area contributed by atoms with Crippen molar-refractivity contribution in [2.45, 2.75) is 78.0 Å². The number of nitrogens with zero attached hydrogens (tertiary/aromatic N) is 14. The van der Waals surface area contributed by atoms with Crippen LogP contribution in [0.5, 0.6) is 11.8 Å². The SMILES string of the molecule is COC(C)(C)Cn1c(Cc2cc(F)c(-c3cccc(OCc4cnc(-n5ccnn5)cc4Cl)n3)cc2F)nc2ccc(C(=O)O)cc21.COC(C)(C)Cn1c(Cc2cc(F)c(-c3cccc(OCc4cnc(-n5ccnn5)cc4Cl)n3)cc2F)nc2ccc(C(=O)O)cc21. The number of rotatable bonds is 22. The molecule has 0 aliphatic heterocycles. The number of aromatic nitrogens is 14. The molecule has 94 heavy (non-hydrogen) atoms. The highest BCUT2D eigenvalue weighted by Crippen LogP contribution is 2.33. The summed E-state index contributed by atoms with van der Waals surface area (Å²) >= 11 is 12.8. The predicted molar refractivity (Wildman–Crippen MR) is 337 cm³/mol. The summed E-state index contributed by atoms with van der Waals surface area (Å²) in [5.41, 5.74) is 2.57. The fourth-order valence-electron chi connectivity index (χ4n) is 9.92. The van der Waals surface area contributed by atoms with Gasteiger partial charge in [-0.15, -0.1) is 10.2 Å². The summed E-state index contributed by atoms with van der Waals surface area (Å²) < 4.78 is 91.7. The van der Waals surface area contributed by atoms with E-state index in [1.54, 1.807) is 109 Å². The molecule has 0 aliphatic rings. The third kappa shape index (κ3) is 14.7. The Morgan fingerprint density at radius 3 is 1.30 bits per heavy atom. The summed E-state index contributed by atoms with van der Waals surface area (Å²) in [4.78, 5) is 50.0. The number of hydrogen-bond acceptors (Lipinski definition) is 16. The molecule has 0 bridgehead atoms. The quantitative estimate of drug-likeness (QED) is 0.0598. The zero-order chi connectivity index (χ0) is 66.6.